The van der Waals surface area contributed by atoms with Crippen molar-refractivity contribution >= 4 is 15.9 Å². The standard InChI is InChI=1S/C12H21N3O3S/c1-10(2)9-15-19(16,17)14-6-7-18-12-5-3-4-11(13)8-12/h3-5,8,10,14-15H,6-7,9,13H2,1-2H3. The highest BCUT2D eigenvalue weighted by Gasteiger charge is 2.08. The van der Waals surface area contributed by atoms with E-state index in [1.807, 2.05) is 13.8 Å². The van der Waals surface area contributed by atoms with Gasteiger partial charge in [0.25, 0.3) is 10.2 Å². The summed E-state index contributed by atoms with van der Waals surface area (Å²) in [6, 6.07) is 6.98. The van der Waals surface area contributed by atoms with Gasteiger partial charge in [-0.2, -0.15) is 13.1 Å². The molecule has 0 radical (unpaired) electrons. The maximum atomic E-state index is 11.5. The van der Waals surface area contributed by atoms with Crippen LogP contribution in [0.15, 0.2) is 24.3 Å². The van der Waals surface area contributed by atoms with Crippen LogP contribution < -0.4 is 19.9 Å². The fourth-order valence-electron chi connectivity index (χ4n) is 1.28. The van der Waals surface area contributed by atoms with Crippen LogP contribution in [0.4, 0.5) is 5.69 Å². The van der Waals surface area contributed by atoms with Crippen molar-refractivity contribution in [2.24, 2.45) is 5.92 Å². The molecular weight excluding hydrogens is 266 g/mol. The molecule has 0 heterocycles. The molecule has 0 aliphatic carbocycles. The Morgan fingerprint density at radius 3 is 2.68 bits per heavy atom. The van der Waals surface area contributed by atoms with Crippen molar-refractivity contribution in [3.05, 3.63) is 24.3 Å². The fourth-order valence-corrected chi connectivity index (χ4v) is 2.28. The first kappa shape index (κ1) is 15.7. The minimum Gasteiger partial charge on any atom is -0.492 e. The van der Waals surface area contributed by atoms with Gasteiger partial charge in [0.1, 0.15) is 12.4 Å². The van der Waals surface area contributed by atoms with Gasteiger partial charge in [0.15, 0.2) is 0 Å². The predicted octanol–water partition coefficient (Wildman–Crippen LogP) is 0.728. The SMILES string of the molecule is CC(C)CNS(=O)(=O)NCCOc1cccc(N)c1. The minimum absolute atomic E-state index is 0.197. The molecule has 0 fully saturated rings. The summed E-state index contributed by atoms with van der Waals surface area (Å²) in [7, 11) is -3.44. The van der Waals surface area contributed by atoms with Gasteiger partial charge < -0.3 is 10.5 Å². The van der Waals surface area contributed by atoms with Crippen LogP contribution in [-0.4, -0.2) is 28.1 Å². The molecule has 0 aliphatic heterocycles. The zero-order chi connectivity index (χ0) is 14.3. The number of hydrogen-bond acceptors (Lipinski definition) is 4. The molecule has 6 nitrogen and oxygen atoms in total. The maximum Gasteiger partial charge on any atom is 0.277 e. The summed E-state index contributed by atoms with van der Waals surface area (Å²) in [6.07, 6.45) is 0. The Kier molecular flexibility index (Phi) is 6.07. The van der Waals surface area contributed by atoms with Crippen molar-refractivity contribution in [2.75, 3.05) is 25.4 Å². The van der Waals surface area contributed by atoms with E-state index >= 15 is 0 Å². The van der Waals surface area contributed by atoms with Gasteiger partial charge in [0.05, 0.1) is 0 Å². The van der Waals surface area contributed by atoms with E-state index < -0.39 is 10.2 Å². The summed E-state index contributed by atoms with van der Waals surface area (Å²) >= 11 is 0. The lowest BCUT2D eigenvalue weighted by atomic mass is 10.2. The molecule has 0 bridgehead atoms. The Bertz CT molecular complexity index is 489. The van der Waals surface area contributed by atoms with Crippen LogP contribution in [0.25, 0.3) is 0 Å². The third-order valence-corrected chi connectivity index (χ3v) is 3.33. The third kappa shape index (κ3) is 7.00. The monoisotopic (exact) mass is 287 g/mol. The normalized spacial score (nSPS) is 11.7. The van der Waals surface area contributed by atoms with Gasteiger partial charge in [-0.25, -0.2) is 4.72 Å². The van der Waals surface area contributed by atoms with Gasteiger partial charge in [-0.3, -0.25) is 0 Å². The molecule has 0 aromatic heterocycles. The second kappa shape index (κ2) is 7.32. The molecule has 0 spiro atoms. The number of hydrogen-bond donors (Lipinski definition) is 3. The van der Waals surface area contributed by atoms with Crippen LogP contribution in [0.2, 0.25) is 0 Å². The lowest BCUT2D eigenvalue weighted by Gasteiger charge is -2.10. The number of ether oxygens (including phenoxy) is 1. The molecule has 0 amide bonds. The van der Waals surface area contributed by atoms with Crippen LogP contribution in [-0.2, 0) is 10.2 Å². The lowest BCUT2D eigenvalue weighted by molar-refractivity contribution is 0.322. The van der Waals surface area contributed by atoms with Crippen LogP contribution >= 0.6 is 0 Å². The molecule has 7 heteroatoms. The molecule has 4 N–H and O–H groups in total. The topological polar surface area (TPSA) is 93.5 Å². The van der Waals surface area contributed by atoms with Gasteiger partial charge in [-0.1, -0.05) is 19.9 Å². The molecule has 1 aromatic rings. The van der Waals surface area contributed by atoms with Crippen molar-refractivity contribution in [3.8, 4) is 5.75 Å². The van der Waals surface area contributed by atoms with Crippen molar-refractivity contribution in [2.45, 2.75) is 13.8 Å². The smallest absolute Gasteiger partial charge is 0.277 e. The average Bonchev–Trinajstić information content (AvgIpc) is 2.33. The molecular formula is C12H21N3O3S. The van der Waals surface area contributed by atoms with Gasteiger partial charge in [0, 0.05) is 24.8 Å². The van der Waals surface area contributed by atoms with E-state index in [0.717, 1.165) is 0 Å². The van der Waals surface area contributed by atoms with Crippen LogP contribution in [0.5, 0.6) is 5.75 Å². The van der Waals surface area contributed by atoms with E-state index in [0.29, 0.717) is 18.0 Å². The van der Waals surface area contributed by atoms with Gasteiger partial charge in [-0.05, 0) is 18.1 Å². The van der Waals surface area contributed by atoms with Crippen LogP contribution in [0.3, 0.4) is 0 Å². The highest BCUT2D eigenvalue weighted by atomic mass is 32.2. The molecule has 19 heavy (non-hydrogen) atoms. The van der Waals surface area contributed by atoms with Gasteiger partial charge in [-0.15, -0.1) is 0 Å². The quantitative estimate of drug-likeness (QED) is 0.485. The largest absolute Gasteiger partial charge is 0.492 e. The Morgan fingerprint density at radius 2 is 2.05 bits per heavy atom. The summed E-state index contributed by atoms with van der Waals surface area (Å²) in [6.45, 7) is 4.72. The molecule has 108 valence electrons. The Morgan fingerprint density at radius 1 is 1.32 bits per heavy atom. The molecule has 0 unspecified atom stereocenters. The Labute approximate surface area is 114 Å². The fraction of sp³-hybridized carbons (Fsp3) is 0.500. The lowest BCUT2D eigenvalue weighted by Crippen LogP contribution is -2.40. The predicted molar refractivity (Wildman–Crippen MR) is 76.1 cm³/mol. The van der Waals surface area contributed by atoms with Crippen LogP contribution in [0.1, 0.15) is 13.8 Å². The first-order chi connectivity index (χ1) is 8.89. The zero-order valence-electron chi connectivity index (χ0n) is 11.2. The number of benzene rings is 1. The summed E-state index contributed by atoms with van der Waals surface area (Å²) < 4.78 is 33.2. The highest BCUT2D eigenvalue weighted by Crippen LogP contribution is 2.13. The molecule has 0 saturated carbocycles. The number of rotatable bonds is 8. The highest BCUT2D eigenvalue weighted by molar-refractivity contribution is 7.87. The number of nitrogen functional groups attached to an aromatic ring is 1. The average molecular weight is 287 g/mol. The number of nitrogens with two attached hydrogens (primary N) is 1. The Balaban J connectivity index is 2.27. The van der Waals surface area contributed by atoms with Crippen molar-refractivity contribution < 1.29 is 13.2 Å². The van der Waals surface area contributed by atoms with E-state index in [4.69, 9.17) is 10.5 Å². The Hall–Kier alpha value is -1.31. The maximum absolute atomic E-state index is 11.5. The van der Waals surface area contributed by atoms with E-state index in [1.165, 1.54) is 0 Å². The number of nitrogens with one attached hydrogen (secondary N) is 2. The van der Waals surface area contributed by atoms with Crippen molar-refractivity contribution in [3.63, 3.8) is 0 Å². The summed E-state index contributed by atoms with van der Waals surface area (Å²) in [5.74, 6) is 0.884. The first-order valence-electron chi connectivity index (χ1n) is 6.11. The first-order valence-corrected chi connectivity index (χ1v) is 7.60. The summed E-state index contributed by atoms with van der Waals surface area (Å²) in [5, 5.41) is 0. The molecule has 0 aliphatic rings. The summed E-state index contributed by atoms with van der Waals surface area (Å²) in [4.78, 5) is 0. The molecule has 1 aromatic carbocycles. The van der Waals surface area contributed by atoms with E-state index in [-0.39, 0.29) is 19.1 Å². The van der Waals surface area contributed by atoms with Gasteiger partial charge in [0.2, 0.25) is 0 Å². The number of anilines is 1. The minimum atomic E-state index is -3.44. The van der Waals surface area contributed by atoms with Crippen molar-refractivity contribution in [1.82, 2.24) is 9.44 Å². The molecule has 0 atom stereocenters. The van der Waals surface area contributed by atoms with E-state index in [2.05, 4.69) is 9.44 Å². The second-order valence-electron chi connectivity index (χ2n) is 4.56. The van der Waals surface area contributed by atoms with E-state index in [9.17, 15) is 8.42 Å². The zero-order valence-corrected chi connectivity index (χ0v) is 12.0. The van der Waals surface area contributed by atoms with Crippen molar-refractivity contribution in [1.29, 1.82) is 0 Å². The molecule has 1 rings (SSSR count). The van der Waals surface area contributed by atoms with Crippen LogP contribution in [0, 0.1) is 5.92 Å². The van der Waals surface area contributed by atoms with E-state index in [1.54, 1.807) is 24.3 Å². The molecule has 0 saturated heterocycles. The third-order valence-electron chi connectivity index (χ3n) is 2.20. The van der Waals surface area contributed by atoms with Gasteiger partial charge >= 0.3 is 0 Å². The second-order valence-corrected chi connectivity index (χ2v) is 6.15. The summed E-state index contributed by atoms with van der Waals surface area (Å²) in [5.41, 5.74) is 6.21.